The molecule has 6 nitrogen and oxygen atoms in total. The minimum Gasteiger partial charge on any atom is -0.481 e. The van der Waals surface area contributed by atoms with Gasteiger partial charge in [-0.25, -0.2) is 8.42 Å². The highest BCUT2D eigenvalue weighted by atomic mass is 32.2. The first-order valence-electron chi connectivity index (χ1n) is 5.13. The van der Waals surface area contributed by atoms with Crippen LogP contribution < -0.4 is 0 Å². The molecular formula is C9H19NO5S. The molecule has 0 radical (unpaired) electrons. The molecule has 0 aliphatic heterocycles. The number of nitrogens with zero attached hydrogens (tertiary/aromatic N) is 1. The van der Waals surface area contributed by atoms with E-state index >= 15 is 0 Å². The largest absolute Gasteiger partial charge is 0.481 e. The number of aliphatic hydroxyl groups excluding tert-OH is 1. The third kappa shape index (κ3) is 5.43. The normalized spacial score (nSPS) is 12.3. The fraction of sp³-hybridized carbons (Fsp3) is 0.889. The number of sulfonamides is 1. The molecule has 0 aromatic carbocycles. The van der Waals surface area contributed by atoms with E-state index in [2.05, 4.69) is 0 Å². The zero-order chi connectivity index (χ0) is 12.8. The van der Waals surface area contributed by atoms with Crippen LogP contribution >= 0.6 is 0 Å². The van der Waals surface area contributed by atoms with Crippen LogP contribution in [0, 0.1) is 0 Å². The van der Waals surface area contributed by atoms with Gasteiger partial charge in [-0.05, 0) is 20.3 Å². The standard InChI is InChI=1S/C9H19NO5S/c1-8(2)10(5-6-11)16(14,15)7-3-4-9(12)13/h8,11H,3-7H2,1-2H3,(H,12,13). The van der Waals surface area contributed by atoms with Crippen LogP contribution in [0.25, 0.3) is 0 Å². The molecule has 0 amide bonds. The van der Waals surface area contributed by atoms with Crippen molar-refractivity contribution in [3.63, 3.8) is 0 Å². The summed E-state index contributed by atoms with van der Waals surface area (Å²) in [6.45, 7) is 3.23. The van der Waals surface area contributed by atoms with Gasteiger partial charge in [-0.2, -0.15) is 4.31 Å². The smallest absolute Gasteiger partial charge is 0.303 e. The van der Waals surface area contributed by atoms with Crippen LogP contribution in [0.4, 0.5) is 0 Å². The first-order valence-corrected chi connectivity index (χ1v) is 6.74. The Morgan fingerprint density at radius 3 is 2.31 bits per heavy atom. The molecule has 16 heavy (non-hydrogen) atoms. The minimum absolute atomic E-state index is 0.0487. The van der Waals surface area contributed by atoms with Gasteiger partial charge in [0.05, 0.1) is 12.4 Å². The Labute approximate surface area is 95.9 Å². The highest BCUT2D eigenvalue weighted by Crippen LogP contribution is 2.09. The lowest BCUT2D eigenvalue weighted by molar-refractivity contribution is -0.137. The molecule has 0 rings (SSSR count). The Balaban J connectivity index is 4.42. The molecule has 0 aromatic rings. The van der Waals surface area contributed by atoms with Gasteiger partial charge in [-0.3, -0.25) is 4.79 Å². The molecule has 0 atom stereocenters. The van der Waals surface area contributed by atoms with Crippen LogP contribution in [-0.2, 0) is 14.8 Å². The lowest BCUT2D eigenvalue weighted by atomic mass is 10.3. The number of aliphatic carboxylic acids is 1. The fourth-order valence-corrected chi connectivity index (χ4v) is 3.09. The maximum atomic E-state index is 11.8. The third-order valence-corrected chi connectivity index (χ3v) is 4.17. The fourth-order valence-electron chi connectivity index (χ4n) is 1.34. The Hall–Kier alpha value is -0.660. The minimum atomic E-state index is -3.47. The molecular weight excluding hydrogens is 234 g/mol. The average molecular weight is 253 g/mol. The number of aliphatic hydroxyl groups is 1. The summed E-state index contributed by atoms with van der Waals surface area (Å²) >= 11 is 0. The van der Waals surface area contributed by atoms with Gasteiger partial charge in [0.15, 0.2) is 0 Å². The van der Waals surface area contributed by atoms with E-state index in [1.54, 1.807) is 13.8 Å². The summed E-state index contributed by atoms with van der Waals surface area (Å²) in [6, 6.07) is -0.234. The van der Waals surface area contributed by atoms with Crippen molar-refractivity contribution in [3.8, 4) is 0 Å². The molecule has 0 spiro atoms. The average Bonchev–Trinajstić information content (AvgIpc) is 2.12. The zero-order valence-corrected chi connectivity index (χ0v) is 10.4. The van der Waals surface area contributed by atoms with Crippen LogP contribution in [0.2, 0.25) is 0 Å². The molecule has 0 saturated heterocycles. The van der Waals surface area contributed by atoms with E-state index in [9.17, 15) is 13.2 Å². The van der Waals surface area contributed by atoms with Crippen LogP contribution in [0.3, 0.4) is 0 Å². The van der Waals surface area contributed by atoms with Gasteiger partial charge in [0.25, 0.3) is 0 Å². The number of carboxylic acid groups (broad SMARTS) is 1. The van der Waals surface area contributed by atoms with Gasteiger partial charge >= 0.3 is 5.97 Å². The summed E-state index contributed by atoms with van der Waals surface area (Å²) in [4.78, 5) is 10.3. The summed E-state index contributed by atoms with van der Waals surface area (Å²) in [5.41, 5.74) is 0. The molecule has 0 aliphatic carbocycles. The Morgan fingerprint density at radius 1 is 1.38 bits per heavy atom. The van der Waals surface area contributed by atoms with Crippen molar-refractivity contribution >= 4 is 16.0 Å². The number of hydrogen-bond acceptors (Lipinski definition) is 4. The van der Waals surface area contributed by atoms with E-state index in [4.69, 9.17) is 10.2 Å². The molecule has 0 fully saturated rings. The highest BCUT2D eigenvalue weighted by molar-refractivity contribution is 7.89. The van der Waals surface area contributed by atoms with Crippen LogP contribution in [0.5, 0.6) is 0 Å². The Morgan fingerprint density at radius 2 is 1.94 bits per heavy atom. The SMILES string of the molecule is CC(C)N(CCO)S(=O)(=O)CCCC(=O)O. The maximum Gasteiger partial charge on any atom is 0.303 e. The second-order valence-electron chi connectivity index (χ2n) is 3.74. The first kappa shape index (κ1) is 15.3. The molecule has 2 N–H and O–H groups in total. The van der Waals surface area contributed by atoms with E-state index in [0.29, 0.717) is 0 Å². The van der Waals surface area contributed by atoms with E-state index in [1.165, 1.54) is 4.31 Å². The van der Waals surface area contributed by atoms with Gasteiger partial charge in [-0.1, -0.05) is 0 Å². The predicted octanol–water partition coefficient (Wildman–Crippen LogP) is -0.116. The van der Waals surface area contributed by atoms with E-state index in [-0.39, 0.29) is 37.8 Å². The van der Waals surface area contributed by atoms with Gasteiger partial charge < -0.3 is 10.2 Å². The predicted molar refractivity (Wildman–Crippen MR) is 59.6 cm³/mol. The maximum absolute atomic E-state index is 11.8. The van der Waals surface area contributed by atoms with Gasteiger partial charge in [0, 0.05) is 19.0 Å². The monoisotopic (exact) mass is 253 g/mol. The van der Waals surface area contributed by atoms with Crippen molar-refractivity contribution in [2.75, 3.05) is 18.9 Å². The van der Waals surface area contributed by atoms with E-state index in [0.717, 1.165) is 0 Å². The highest BCUT2D eigenvalue weighted by Gasteiger charge is 2.23. The number of carboxylic acids is 1. The van der Waals surface area contributed by atoms with E-state index < -0.39 is 16.0 Å². The number of rotatable bonds is 8. The first-order chi connectivity index (χ1) is 7.31. The number of carbonyl (C=O) groups is 1. The molecule has 0 bridgehead atoms. The van der Waals surface area contributed by atoms with Crippen LogP contribution in [0.1, 0.15) is 26.7 Å². The van der Waals surface area contributed by atoms with Gasteiger partial charge in [0.2, 0.25) is 10.0 Å². The second kappa shape index (κ2) is 6.82. The summed E-state index contributed by atoms with van der Waals surface area (Å²) in [5, 5.41) is 17.2. The Kier molecular flexibility index (Phi) is 6.54. The second-order valence-corrected chi connectivity index (χ2v) is 5.78. The lowest BCUT2D eigenvalue weighted by Crippen LogP contribution is -2.40. The van der Waals surface area contributed by atoms with Crippen molar-refractivity contribution in [2.24, 2.45) is 0 Å². The molecule has 0 unspecified atom stereocenters. The zero-order valence-electron chi connectivity index (χ0n) is 9.59. The van der Waals surface area contributed by atoms with Crippen molar-refractivity contribution < 1.29 is 23.4 Å². The van der Waals surface area contributed by atoms with Gasteiger partial charge in [0.1, 0.15) is 0 Å². The molecule has 0 saturated carbocycles. The summed E-state index contributed by atoms with van der Waals surface area (Å²) in [5.74, 6) is -1.20. The van der Waals surface area contributed by atoms with Crippen molar-refractivity contribution in [3.05, 3.63) is 0 Å². The van der Waals surface area contributed by atoms with E-state index in [1.807, 2.05) is 0 Å². The van der Waals surface area contributed by atoms with Gasteiger partial charge in [-0.15, -0.1) is 0 Å². The summed E-state index contributed by atoms with van der Waals surface area (Å²) in [7, 11) is -3.47. The van der Waals surface area contributed by atoms with Crippen LogP contribution in [-0.4, -0.2) is 53.9 Å². The quantitative estimate of drug-likeness (QED) is 0.629. The molecule has 96 valence electrons. The molecule has 0 aliphatic rings. The lowest BCUT2D eigenvalue weighted by Gasteiger charge is -2.24. The third-order valence-electron chi connectivity index (χ3n) is 2.05. The van der Waals surface area contributed by atoms with Crippen molar-refractivity contribution in [1.29, 1.82) is 0 Å². The number of hydrogen-bond donors (Lipinski definition) is 2. The van der Waals surface area contributed by atoms with Crippen LogP contribution in [0.15, 0.2) is 0 Å². The molecule has 0 aromatic heterocycles. The molecule has 7 heteroatoms. The van der Waals surface area contributed by atoms with Crippen molar-refractivity contribution in [2.45, 2.75) is 32.7 Å². The molecule has 0 heterocycles. The Bertz CT molecular complexity index is 312. The summed E-state index contributed by atoms with van der Waals surface area (Å²) < 4.78 is 24.7. The summed E-state index contributed by atoms with van der Waals surface area (Å²) in [6.07, 6.45) is -0.0728. The van der Waals surface area contributed by atoms with Crippen molar-refractivity contribution in [1.82, 2.24) is 4.31 Å². The topological polar surface area (TPSA) is 94.9 Å².